The molecule has 1 aromatic rings. The van der Waals surface area contributed by atoms with Crippen molar-refractivity contribution in [1.82, 2.24) is 0 Å². The molecule has 1 aromatic carbocycles. The average Bonchev–Trinajstić information content (AvgIpc) is 2.40. The second-order valence-corrected chi connectivity index (χ2v) is 4.66. The van der Waals surface area contributed by atoms with Crippen molar-refractivity contribution >= 4 is 23.2 Å². The van der Waals surface area contributed by atoms with Gasteiger partial charge in [-0.3, -0.25) is 14.8 Å². The summed E-state index contributed by atoms with van der Waals surface area (Å²) in [5, 5.41) is 13.0. The van der Waals surface area contributed by atoms with Crippen LogP contribution in [0.5, 0.6) is 0 Å². The van der Waals surface area contributed by atoms with Crippen molar-refractivity contribution in [2.24, 2.45) is 0 Å². The first-order valence-electron chi connectivity index (χ1n) is 5.29. The van der Waals surface area contributed by atoms with Crippen LogP contribution in [0.1, 0.15) is 26.3 Å². The topological polar surface area (TPSA) is 69.6 Å². The number of hydrogen-bond donors (Lipinski definition) is 2. The van der Waals surface area contributed by atoms with Crippen molar-refractivity contribution in [3.05, 3.63) is 23.8 Å². The Kier molecular flexibility index (Phi) is 2.43. The maximum Gasteiger partial charge on any atom is 0.260 e. The Bertz CT molecular complexity index is 508. The van der Waals surface area contributed by atoms with Crippen molar-refractivity contribution in [2.75, 3.05) is 10.4 Å². The molecule has 0 aliphatic carbocycles. The van der Waals surface area contributed by atoms with Crippen LogP contribution in [0.3, 0.4) is 0 Å². The number of rotatable bonds is 1. The number of nitrogens with zero attached hydrogens (tertiary/aromatic N) is 1. The standard InChI is InChI=1S/C12H14N2O3/c1-7(15)13-8-4-5-9-10(6-8)14(17)11(16)12(9,2)3/h4-6,17H,1-3H3,(H,13,15). The van der Waals surface area contributed by atoms with Gasteiger partial charge in [0.1, 0.15) is 0 Å². The number of fused-ring (bicyclic) bond motifs is 1. The average molecular weight is 234 g/mol. The van der Waals surface area contributed by atoms with Crippen molar-refractivity contribution in [2.45, 2.75) is 26.2 Å². The number of nitrogens with one attached hydrogen (secondary N) is 1. The molecule has 0 saturated heterocycles. The zero-order valence-corrected chi connectivity index (χ0v) is 9.94. The number of anilines is 2. The molecule has 0 bridgehead atoms. The number of benzene rings is 1. The number of carbonyl (C=O) groups is 2. The van der Waals surface area contributed by atoms with Crippen molar-refractivity contribution < 1.29 is 14.8 Å². The molecule has 2 N–H and O–H groups in total. The molecular weight excluding hydrogens is 220 g/mol. The van der Waals surface area contributed by atoms with E-state index >= 15 is 0 Å². The molecule has 0 atom stereocenters. The van der Waals surface area contributed by atoms with E-state index in [0.29, 0.717) is 16.4 Å². The Morgan fingerprint density at radius 2 is 2.06 bits per heavy atom. The molecular formula is C12H14N2O3. The van der Waals surface area contributed by atoms with Crippen LogP contribution in [0.15, 0.2) is 18.2 Å². The Hall–Kier alpha value is -1.88. The lowest BCUT2D eigenvalue weighted by Crippen LogP contribution is -2.33. The second kappa shape index (κ2) is 3.56. The third-order valence-electron chi connectivity index (χ3n) is 2.95. The van der Waals surface area contributed by atoms with E-state index in [9.17, 15) is 14.8 Å². The van der Waals surface area contributed by atoms with Crippen LogP contribution in [0, 0.1) is 0 Å². The lowest BCUT2D eigenvalue weighted by atomic mass is 9.86. The molecule has 5 nitrogen and oxygen atoms in total. The summed E-state index contributed by atoms with van der Waals surface area (Å²) in [5.74, 6) is -0.564. The van der Waals surface area contributed by atoms with Gasteiger partial charge in [-0.2, -0.15) is 5.06 Å². The van der Waals surface area contributed by atoms with Crippen molar-refractivity contribution in [3.63, 3.8) is 0 Å². The van der Waals surface area contributed by atoms with Gasteiger partial charge in [0.15, 0.2) is 0 Å². The van der Waals surface area contributed by atoms with E-state index in [-0.39, 0.29) is 11.8 Å². The number of hydroxylamine groups is 1. The Morgan fingerprint density at radius 1 is 1.41 bits per heavy atom. The summed E-state index contributed by atoms with van der Waals surface area (Å²) in [5.41, 5.74) is 0.991. The molecule has 0 radical (unpaired) electrons. The number of amides is 2. The van der Waals surface area contributed by atoms with E-state index < -0.39 is 5.41 Å². The largest absolute Gasteiger partial charge is 0.326 e. The second-order valence-electron chi connectivity index (χ2n) is 4.66. The van der Waals surface area contributed by atoms with Gasteiger partial charge in [-0.1, -0.05) is 6.07 Å². The summed E-state index contributed by atoms with van der Waals surface area (Å²) >= 11 is 0. The summed E-state index contributed by atoms with van der Waals surface area (Å²) in [6.07, 6.45) is 0. The number of hydrogen-bond acceptors (Lipinski definition) is 3. The van der Waals surface area contributed by atoms with Gasteiger partial charge in [0.2, 0.25) is 5.91 Å². The quantitative estimate of drug-likeness (QED) is 0.726. The van der Waals surface area contributed by atoms with Gasteiger partial charge < -0.3 is 5.32 Å². The van der Waals surface area contributed by atoms with Gasteiger partial charge in [0.25, 0.3) is 5.91 Å². The molecule has 1 aliphatic rings. The maximum atomic E-state index is 11.8. The molecule has 1 heterocycles. The third kappa shape index (κ3) is 1.68. The lowest BCUT2D eigenvalue weighted by Gasteiger charge is -2.15. The van der Waals surface area contributed by atoms with E-state index in [4.69, 9.17) is 0 Å². The maximum absolute atomic E-state index is 11.8. The van der Waals surface area contributed by atoms with Crippen LogP contribution in [0.25, 0.3) is 0 Å². The van der Waals surface area contributed by atoms with Crippen LogP contribution in [-0.2, 0) is 15.0 Å². The number of carbonyl (C=O) groups excluding carboxylic acids is 2. The van der Waals surface area contributed by atoms with Gasteiger partial charge in [0, 0.05) is 12.6 Å². The summed E-state index contributed by atoms with van der Waals surface area (Å²) < 4.78 is 0. The normalized spacial score (nSPS) is 16.9. The highest BCUT2D eigenvalue weighted by atomic mass is 16.5. The summed E-state index contributed by atoms with van der Waals surface area (Å²) in [6, 6.07) is 5.05. The minimum atomic E-state index is -0.737. The molecule has 2 rings (SSSR count). The van der Waals surface area contributed by atoms with Crippen LogP contribution in [0.4, 0.5) is 11.4 Å². The lowest BCUT2D eigenvalue weighted by molar-refractivity contribution is -0.126. The molecule has 0 spiro atoms. The highest BCUT2D eigenvalue weighted by molar-refractivity contribution is 6.06. The predicted molar refractivity (Wildman–Crippen MR) is 63.0 cm³/mol. The molecule has 5 heteroatoms. The first kappa shape index (κ1) is 11.6. The first-order valence-corrected chi connectivity index (χ1v) is 5.29. The zero-order chi connectivity index (χ0) is 12.8. The molecule has 0 unspecified atom stereocenters. The van der Waals surface area contributed by atoms with Crippen LogP contribution < -0.4 is 10.4 Å². The molecule has 0 fully saturated rings. The molecule has 2 amide bonds. The van der Waals surface area contributed by atoms with E-state index in [0.717, 1.165) is 5.56 Å². The molecule has 0 saturated carbocycles. The highest BCUT2D eigenvalue weighted by Gasteiger charge is 2.43. The predicted octanol–water partition coefficient (Wildman–Crippen LogP) is 1.66. The van der Waals surface area contributed by atoms with Crippen molar-refractivity contribution in [1.29, 1.82) is 0 Å². The molecule has 17 heavy (non-hydrogen) atoms. The van der Waals surface area contributed by atoms with Gasteiger partial charge in [-0.05, 0) is 31.5 Å². The van der Waals surface area contributed by atoms with Crippen molar-refractivity contribution in [3.8, 4) is 0 Å². The summed E-state index contributed by atoms with van der Waals surface area (Å²) in [7, 11) is 0. The van der Waals surface area contributed by atoms with Crippen LogP contribution in [0.2, 0.25) is 0 Å². The fraction of sp³-hybridized carbons (Fsp3) is 0.333. The minimum absolute atomic E-state index is 0.196. The minimum Gasteiger partial charge on any atom is -0.326 e. The smallest absolute Gasteiger partial charge is 0.260 e. The molecule has 1 aliphatic heterocycles. The van der Waals surface area contributed by atoms with E-state index in [1.165, 1.54) is 6.92 Å². The van der Waals surface area contributed by atoms with Gasteiger partial charge in [-0.15, -0.1) is 0 Å². The third-order valence-corrected chi connectivity index (χ3v) is 2.95. The zero-order valence-electron chi connectivity index (χ0n) is 9.94. The van der Waals surface area contributed by atoms with E-state index in [2.05, 4.69) is 5.32 Å². The summed E-state index contributed by atoms with van der Waals surface area (Å²) in [4.78, 5) is 22.7. The Balaban J connectivity index is 2.49. The molecule has 0 aromatic heterocycles. The van der Waals surface area contributed by atoms with Gasteiger partial charge >= 0.3 is 0 Å². The van der Waals surface area contributed by atoms with Crippen LogP contribution in [-0.4, -0.2) is 17.0 Å². The summed E-state index contributed by atoms with van der Waals surface area (Å²) in [6.45, 7) is 4.91. The fourth-order valence-electron chi connectivity index (χ4n) is 2.01. The first-order chi connectivity index (χ1) is 7.84. The monoisotopic (exact) mass is 234 g/mol. The fourth-order valence-corrected chi connectivity index (χ4v) is 2.01. The highest BCUT2D eigenvalue weighted by Crippen LogP contribution is 2.41. The van der Waals surface area contributed by atoms with Gasteiger partial charge in [-0.25, -0.2) is 0 Å². The van der Waals surface area contributed by atoms with E-state index in [1.54, 1.807) is 32.0 Å². The Morgan fingerprint density at radius 3 is 2.65 bits per heavy atom. The Labute approximate surface area is 99.0 Å². The molecule has 90 valence electrons. The SMILES string of the molecule is CC(=O)Nc1ccc2c(c1)N(O)C(=O)C2(C)C. The van der Waals surface area contributed by atoms with E-state index in [1.807, 2.05) is 0 Å². The van der Waals surface area contributed by atoms with Crippen LogP contribution >= 0.6 is 0 Å². The van der Waals surface area contributed by atoms with Gasteiger partial charge in [0.05, 0.1) is 11.1 Å².